The third-order valence-corrected chi connectivity index (χ3v) is 7.74. The highest BCUT2D eigenvalue weighted by Crippen LogP contribution is 2.26. The number of nitrogen functional groups attached to an aromatic ring is 1. The van der Waals surface area contributed by atoms with Crippen LogP contribution in [0.1, 0.15) is 11.1 Å². The molecule has 0 aliphatic rings. The van der Waals surface area contributed by atoms with E-state index in [2.05, 4.69) is 14.9 Å². The highest BCUT2D eigenvalue weighted by Gasteiger charge is 2.27. The second-order valence-corrected chi connectivity index (χ2v) is 10.6. The number of aromatic nitrogens is 3. The Balaban J connectivity index is 1.45. The summed E-state index contributed by atoms with van der Waals surface area (Å²) in [6.45, 7) is 0. The first-order chi connectivity index (χ1) is 18.7. The number of rotatable bonds is 9. The number of hydrogen-bond donors (Lipinski definition) is 4. The van der Waals surface area contributed by atoms with Crippen LogP contribution in [0.5, 0.6) is 0 Å². The van der Waals surface area contributed by atoms with Gasteiger partial charge < -0.3 is 10.8 Å². The molecule has 0 saturated heterocycles. The Labute approximate surface area is 224 Å². The van der Waals surface area contributed by atoms with Gasteiger partial charge in [0, 0.05) is 29.1 Å². The second-order valence-electron chi connectivity index (χ2n) is 8.84. The monoisotopic (exact) mass is 540 g/mol. The number of benzene rings is 3. The van der Waals surface area contributed by atoms with Gasteiger partial charge in [0.15, 0.2) is 5.82 Å². The number of fused-ring (bicyclic) bond motifs is 1. The number of nitrogens with zero attached hydrogens (tertiary/aromatic N) is 3. The van der Waals surface area contributed by atoms with Crippen molar-refractivity contribution in [2.45, 2.75) is 17.4 Å². The van der Waals surface area contributed by atoms with Crippen molar-refractivity contribution in [2.75, 3.05) is 0 Å². The Kier molecular flexibility index (Phi) is 6.92. The van der Waals surface area contributed by atoms with Gasteiger partial charge in [0.1, 0.15) is 11.9 Å². The summed E-state index contributed by atoms with van der Waals surface area (Å²) >= 11 is 0. The first-order valence-electron chi connectivity index (χ1n) is 11.9. The fraction of sp³-hybridized carbons (Fsp3) is 0.0714. The van der Waals surface area contributed by atoms with Gasteiger partial charge in [-0.3, -0.25) is 14.8 Å². The Morgan fingerprint density at radius 1 is 0.949 bits per heavy atom. The van der Waals surface area contributed by atoms with Gasteiger partial charge in [0.25, 0.3) is 0 Å². The maximum Gasteiger partial charge on any atom is 0.322 e. The molecule has 0 fully saturated rings. The molecule has 0 aliphatic carbocycles. The predicted molar refractivity (Wildman–Crippen MR) is 147 cm³/mol. The number of amidine groups is 1. The van der Waals surface area contributed by atoms with E-state index < -0.39 is 22.0 Å². The van der Waals surface area contributed by atoms with Crippen molar-refractivity contribution >= 4 is 32.7 Å². The molecule has 5 rings (SSSR count). The van der Waals surface area contributed by atoms with Crippen LogP contribution in [0.3, 0.4) is 0 Å². The average molecular weight is 541 g/mol. The number of nitrogens with one attached hydrogen (secondary N) is 2. The van der Waals surface area contributed by atoms with Crippen LogP contribution in [-0.2, 0) is 21.2 Å². The summed E-state index contributed by atoms with van der Waals surface area (Å²) in [6.07, 6.45) is 1.67. The van der Waals surface area contributed by atoms with E-state index in [1.54, 1.807) is 47.2 Å². The van der Waals surface area contributed by atoms with E-state index in [4.69, 9.17) is 11.1 Å². The molecule has 3 aromatic carbocycles. The molecule has 10 nitrogen and oxygen atoms in total. The number of para-hydroxylation sites is 1. The van der Waals surface area contributed by atoms with Gasteiger partial charge in [-0.2, -0.15) is 4.72 Å². The number of carboxylic acids is 1. The van der Waals surface area contributed by atoms with E-state index in [1.807, 2.05) is 42.5 Å². The average Bonchev–Trinajstić information content (AvgIpc) is 3.31. The molecule has 0 spiro atoms. The second kappa shape index (κ2) is 10.5. The number of carbonyl (C=O) groups is 1. The van der Waals surface area contributed by atoms with Crippen LogP contribution in [0.25, 0.3) is 28.0 Å². The van der Waals surface area contributed by atoms with Crippen LogP contribution >= 0.6 is 0 Å². The molecule has 39 heavy (non-hydrogen) atoms. The standard InChI is InChI=1S/C28H24N6O4S/c29-27(30)19-12-10-18(11-13-19)23-14-15-26(32-31-23)34-17-20(22-8-4-5-9-25(22)34)16-24(28(35)36)33-39(37,38)21-6-2-1-3-7-21/h1-15,17,24,33H,16H2,(H3,29,30)(H,35,36). The zero-order valence-corrected chi connectivity index (χ0v) is 21.3. The van der Waals surface area contributed by atoms with Crippen molar-refractivity contribution < 1.29 is 18.3 Å². The minimum absolute atomic E-state index is 0.00928. The highest BCUT2D eigenvalue weighted by atomic mass is 32.2. The molecule has 196 valence electrons. The molecule has 0 aliphatic heterocycles. The Bertz CT molecular complexity index is 1770. The number of hydrogen-bond acceptors (Lipinski definition) is 6. The van der Waals surface area contributed by atoms with Crippen LogP contribution in [0.4, 0.5) is 0 Å². The fourth-order valence-corrected chi connectivity index (χ4v) is 5.50. The quantitative estimate of drug-likeness (QED) is 0.164. The summed E-state index contributed by atoms with van der Waals surface area (Å²) in [4.78, 5) is 12.1. The molecule has 0 bridgehead atoms. The third kappa shape index (κ3) is 5.40. The van der Waals surface area contributed by atoms with Gasteiger partial charge in [0.05, 0.1) is 16.1 Å². The molecule has 0 radical (unpaired) electrons. The minimum atomic E-state index is -4.04. The van der Waals surface area contributed by atoms with Crippen LogP contribution in [-0.4, -0.2) is 46.1 Å². The molecular weight excluding hydrogens is 516 g/mol. The van der Waals surface area contributed by atoms with Gasteiger partial charge in [-0.25, -0.2) is 8.42 Å². The zero-order chi connectivity index (χ0) is 27.6. The lowest BCUT2D eigenvalue weighted by Gasteiger charge is -2.14. The highest BCUT2D eigenvalue weighted by molar-refractivity contribution is 7.89. The summed E-state index contributed by atoms with van der Waals surface area (Å²) in [6, 6.07) is 24.4. The van der Waals surface area contributed by atoms with Gasteiger partial charge in [-0.05, 0) is 35.9 Å². The number of nitrogens with two attached hydrogens (primary N) is 1. The van der Waals surface area contributed by atoms with Gasteiger partial charge in [-0.15, -0.1) is 10.2 Å². The maximum absolute atomic E-state index is 12.8. The van der Waals surface area contributed by atoms with E-state index in [9.17, 15) is 18.3 Å². The zero-order valence-electron chi connectivity index (χ0n) is 20.5. The van der Waals surface area contributed by atoms with Gasteiger partial charge in [-0.1, -0.05) is 60.7 Å². The molecule has 2 heterocycles. The normalized spacial score (nSPS) is 12.3. The molecule has 0 saturated carbocycles. The number of aliphatic carboxylic acids is 1. The lowest BCUT2D eigenvalue weighted by Crippen LogP contribution is -2.42. The molecule has 5 N–H and O–H groups in total. The lowest BCUT2D eigenvalue weighted by molar-refractivity contribution is -0.138. The fourth-order valence-electron chi connectivity index (χ4n) is 4.28. The Morgan fingerprint density at radius 2 is 1.64 bits per heavy atom. The largest absolute Gasteiger partial charge is 0.480 e. The molecule has 1 unspecified atom stereocenters. The molecular formula is C28H24N6O4S. The van der Waals surface area contributed by atoms with E-state index in [-0.39, 0.29) is 17.2 Å². The summed E-state index contributed by atoms with van der Waals surface area (Å²) in [5.74, 6) is -0.791. The van der Waals surface area contributed by atoms with E-state index in [1.165, 1.54) is 12.1 Å². The molecule has 2 aromatic heterocycles. The topological polar surface area (TPSA) is 164 Å². The molecule has 11 heteroatoms. The molecule has 0 amide bonds. The summed E-state index contributed by atoms with van der Waals surface area (Å²) in [5.41, 5.74) is 8.99. The summed E-state index contributed by atoms with van der Waals surface area (Å²) < 4.78 is 29.7. The van der Waals surface area contributed by atoms with Crippen molar-refractivity contribution in [2.24, 2.45) is 5.73 Å². The van der Waals surface area contributed by atoms with Crippen molar-refractivity contribution in [3.8, 4) is 17.1 Å². The summed E-state index contributed by atoms with van der Waals surface area (Å²) in [7, 11) is -4.04. The van der Waals surface area contributed by atoms with Gasteiger partial charge >= 0.3 is 5.97 Å². The van der Waals surface area contributed by atoms with E-state index >= 15 is 0 Å². The van der Waals surface area contributed by atoms with Crippen molar-refractivity contribution in [3.05, 3.63) is 108 Å². The van der Waals surface area contributed by atoms with Gasteiger partial charge in [0.2, 0.25) is 10.0 Å². The van der Waals surface area contributed by atoms with Crippen LogP contribution in [0, 0.1) is 5.41 Å². The first-order valence-corrected chi connectivity index (χ1v) is 13.4. The smallest absolute Gasteiger partial charge is 0.322 e. The lowest BCUT2D eigenvalue weighted by atomic mass is 10.1. The van der Waals surface area contributed by atoms with E-state index in [0.29, 0.717) is 22.6 Å². The predicted octanol–water partition coefficient (Wildman–Crippen LogP) is 3.35. The van der Waals surface area contributed by atoms with Crippen LogP contribution in [0.15, 0.2) is 102 Å². The van der Waals surface area contributed by atoms with Crippen molar-refractivity contribution in [3.63, 3.8) is 0 Å². The van der Waals surface area contributed by atoms with Crippen molar-refractivity contribution in [1.82, 2.24) is 19.5 Å². The Morgan fingerprint density at radius 3 is 2.28 bits per heavy atom. The Hall–Kier alpha value is -4.87. The van der Waals surface area contributed by atoms with Crippen molar-refractivity contribution in [1.29, 1.82) is 5.41 Å². The molecule has 1 atom stereocenters. The summed E-state index contributed by atoms with van der Waals surface area (Å²) in [5, 5.41) is 26.9. The van der Waals surface area contributed by atoms with Crippen LogP contribution < -0.4 is 10.5 Å². The van der Waals surface area contributed by atoms with Crippen LogP contribution in [0.2, 0.25) is 0 Å². The molecule has 5 aromatic rings. The first kappa shape index (κ1) is 25.8. The number of sulfonamides is 1. The number of carboxylic acid groups (broad SMARTS) is 1. The third-order valence-electron chi connectivity index (χ3n) is 6.26. The van der Waals surface area contributed by atoms with E-state index in [0.717, 1.165) is 16.5 Å². The minimum Gasteiger partial charge on any atom is -0.480 e. The maximum atomic E-state index is 12.8. The SMILES string of the molecule is N=C(N)c1ccc(-c2ccc(-n3cc(CC(NS(=O)(=O)c4ccccc4)C(=O)O)c4ccccc43)nn2)cc1.